The Morgan fingerprint density at radius 1 is 1.73 bits per heavy atom. The van der Waals surface area contributed by atoms with Crippen LogP contribution in [-0.4, -0.2) is 5.16 Å². The van der Waals surface area contributed by atoms with E-state index in [0.717, 1.165) is 12.2 Å². The minimum absolute atomic E-state index is 0.362. The van der Waals surface area contributed by atoms with Gasteiger partial charge in [0.05, 0.1) is 0 Å². The molecule has 3 nitrogen and oxygen atoms in total. The third-order valence-electron chi connectivity index (χ3n) is 1.28. The lowest BCUT2D eigenvalue weighted by atomic mass is 10.1. The summed E-state index contributed by atoms with van der Waals surface area (Å²) in [4.78, 5) is 0. The Bertz CT molecular complexity index is 270. The molecule has 1 aromatic heterocycles. The number of nitriles is 1. The zero-order chi connectivity index (χ0) is 8.27. The summed E-state index contributed by atoms with van der Waals surface area (Å²) in [6.45, 7) is 4.18. The van der Waals surface area contributed by atoms with E-state index in [2.05, 4.69) is 19.0 Å². The average Bonchev–Trinajstić information content (AvgIpc) is 2.34. The van der Waals surface area contributed by atoms with Crippen molar-refractivity contribution in [1.82, 2.24) is 5.16 Å². The van der Waals surface area contributed by atoms with Crippen LogP contribution >= 0.6 is 0 Å². The smallest absolute Gasteiger partial charge is 0.183 e. The van der Waals surface area contributed by atoms with Gasteiger partial charge < -0.3 is 4.52 Å². The van der Waals surface area contributed by atoms with Crippen LogP contribution in [0.4, 0.5) is 0 Å². The Morgan fingerprint density at radius 2 is 2.45 bits per heavy atom. The largest absolute Gasteiger partial charge is 0.360 e. The molecule has 0 aromatic carbocycles. The van der Waals surface area contributed by atoms with Crippen molar-refractivity contribution in [2.75, 3.05) is 0 Å². The summed E-state index contributed by atoms with van der Waals surface area (Å²) in [5.74, 6) is 1.33. The molecule has 0 unspecified atom stereocenters. The molecule has 0 radical (unpaired) electrons. The molecule has 1 aromatic rings. The molecule has 0 atom stereocenters. The van der Waals surface area contributed by atoms with Gasteiger partial charge in [0.25, 0.3) is 0 Å². The molecular formula is C8H10N2O. The van der Waals surface area contributed by atoms with E-state index < -0.39 is 0 Å². The fourth-order valence-electron chi connectivity index (χ4n) is 0.864. The molecule has 0 fully saturated rings. The van der Waals surface area contributed by atoms with Gasteiger partial charge in [-0.15, -0.1) is 0 Å². The third-order valence-corrected chi connectivity index (χ3v) is 1.28. The van der Waals surface area contributed by atoms with Crippen molar-refractivity contribution in [1.29, 1.82) is 5.26 Å². The van der Waals surface area contributed by atoms with Gasteiger partial charge in [0, 0.05) is 12.5 Å². The summed E-state index contributed by atoms with van der Waals surface area (Å²) in [7, 11) is 0. The highest BCUT2D eigenvalue weighted by molar-refractivity contribution is 5.19. The topological polar surface area (TPSA) is 49.8 Å². The third kappa shape index (κ3) is 2.08. The van der Waals surface area contributed by atoms with Gasteiger partial charge in [0.15, 0.2) is 5.69 Å². The Morgan fingerprint density at radius 3 is 2.91 bits per heavy atom. The first-order valence-electron chi connectivity index (χ1n) is 3.58. The predicted molar refractivity (Wildman–Crippen MR) is 39.8 cm³/mol. The molecule has 1 heterocycles. The lowest BCUT2D eigenvalue weighted by Gasteiger charge is -1.96. The molecule has 0 aliphatic carbocycles. The van der Waals surface area contributed by atoms with E-state index in [4.69, 9.17) is 9.78 Å². The van der Waals surface area contributed by atoms with E-state index in [1.807, 2.05) is 6.07 Å². The fraction of sp³-hybridized carbons (Fsp3) is 0.500. The average molecular weight is 150 g/mol. The summed E-state index contributed by atoms with van der Waals surface area (Å²) < 4.78 is 4.89. The minimum atomic E-state index is 0.362. The van der Waals surface area contributed by atoms with Gasteiger partial charge in [-0.25, -0.2) is 0 Å². The van der Waals surface area contributed by atoms with Crippen LogP contribution < -0.4 is 0 Å². The quantitative estimate of drug-likeness (QED) is 0.645. The molecule has 11 heavy (non-hydrogen) atoms. The Hall–Kier alpha value is -1.30. The molecule has 0 aliphatic heterocycles. The van der Waals surface area contributed by atoms with E-state index in [9.17, 15) is 0 Å². The van der Waals surface area contributed by atoms with Gasteiger partial charge in [-0.05, 0) is 5.92 Å². The maximum Gasteiger partial charge on any atom is 0.183 e. The zero-order valence-corrected chi connectivity index (χ0v) is 6.66. The van der Waals surface area contributed by atoms with Crippen molar-refractivity contribution in [2.24, 2.45) is 5.92 Å². The standard InChI is InChI=1S/C8H10N2O/c1-6(2)3-8-4-7(5-9)10-11-8/h4,6H,3H2,1-2H3. The molecule has 0 aliphatic rings. The Kier molecular flexibility index (Phi) is 2.27. The molecule has 1 rings (SSSR count). The lowest BCUT2D eigenvalue weighted by molar-refractivity contribution is 0.367. The SMILES string of the molecule is CC(C)Cc1cc(C#N)no1. The first kappa shape index (κ1) is 7.80. The van der Waals surface area contributed by atoms with Crippen LogP contribution in [0, 0.1) is 17.2 Å². The van der Waals surface area contributed by atoms with Crippen LogP contribution in [0.1, 0.15) is 25.3 Å². The second kappa shape index (κ2) is 3.20. The van der Waals surface area contributed by atoms with Crippen molar-refractivity contribution in [2.45, 2.75) is 20.3 Å². The summed E-state index contributed by atoms with van der Waals surface area (Å²) in [5.41, 5.74) is 0.362. The van der Waals surface area contributed by atoms with Gasteiger partial charge in [-0.1, -0.05) is 19.0 Å². The highest BCUT2D eigenvalue weighted by Crippen LogP contribution is 2.08. The van der Waals surface area contributed by atoms with E-state index in [-0.39, 0.29) is 0 Å². The molecule has 0 amide bonds. The van der Waals surface area contributed by atoms with Crippen LogP contribution in [-0.2, 0) is 6.42 Å². The molecule has 0 saturated carbocycles. The first-order chi connectivity index (χ1) is 5.22. The van der Waals surface area contributed by atoms with E-state index in [1.54, 1.807) is 6.07 Å². The maximum absolute atomic E-state index is 8.41. The van der Waals surface area contributed by atoms with Crippen molar-refractivity contribution in [3.05, 3.63) is 17.5 Å². The number of hydrogen-bond donors (Lipinski definition) is 0. The van der Waals surface area contributed by atoms with E-state index >= 15 is 0 Å². The summed E-state index contributed by atoms with van der Waals surface area (Å²) in [6.07, 6.45) is 0.842. The van der Waals surface area contributed by atoms with Crippen LogP contribution in [0.5, 0.6) is 0 Å². The second-order valence-electron chi connectivity index (χ2n) is 2.89. The molecule has 3 heteroatoms. The van der Waals surface area contributed by atoms with E-state index in [0.29, 0.717) is 11.6 Å². The monoisotopic (exact) mass is 150 g/mol. The maximum atomic E-state index is 8.41. The normalized spacial score (nSPS) is 10.0. The van der Waals surface area contributed by atoms with Crippen molar-refractivity contribution < 1.29 is 4.52 Å². The van der Waals surface area contributed by atoms with Gasteiger partial charge >= 0.3 is 0 Å². The zero-order valence-electron chi connectivity index (χ0n) is 6.66. The van der Waals surface area contributed by atoms with Crippen LogP contribution in [0.15, 0.2) is 10.6 Å². The van der Waals surface area contributed by atoms with Crippen LogP contribution in [0.25, 0.3) is 0 Å². The number of rotatable bonds is 2. The van der Waals surface area contributed by atoms with E-state index in [1.165, 1.54) is 0 Å². The summed E-state index contributed by atoms with van der Waals surface area (Å²) in [6, 6.07) is 3.60. The lowest BCUT2D eigenvalue weighted by Crippen LogP contribution is -1.90. The van der Waals surface area contributed by atoms with Crippen molar-refractivity contribution in [3.8, 4) is 6.07 Å². The van der Waals surface area contributed by atoms with Crippen molar-refractivity contribution >= 4 is 0 Å². The van der Waals surface area contributed by atoms with Gasteiger partial charge in [-0.2, -0.15) is 5.26 Å². The molecule has 0 saturated heterocycles. The minimum Gasteiger partial charge on any atom is -0.360 e. The van der Waals surface area contributed by atoms with Crippen LogP contribution in [0.3, 0.4) is 0 Å². The molecule has 0 bridgehead atoms. The van der Waals surface area contributed by atoms with Crippen LogP contribution in [0.2, 0.25) is 0 Å². The van der Waals surface area contributed by atoms with Gasteiger partial charge in [0.2, 0.25) is 0 Å². The summed E-state index contributed by atoms with van der Waals surface area (Å²) in [5, 5.41) is 12.0. The Labute approximate surface area is 65.6 Å². The van der Waals surface area contributed by atoms with Crippen molar-refractivity contribution in [3.63, 3.8) is 0 Å². The van der Waals surface area contributed by atoms with Gasteiger partial charge in [0.1, 0.15) is 11.8 Å². The summed E-state index contributed by atoms with van der Waals surface area (Å²) >= 11 is 0. The fourth-order valence-corrected chi connectivity index (χ4v) is 0.864. The molecule has 0 spiro atoms. The second-order valence-corrected chi connectivity index (χ2v) is 2.89. The highest BCUT2D eigenvalue weighted by atomic mass is 16.5. The molecule has 0 N–H and O–H groups in total. The number of hydrogen-bond acceptors (Lipinski definition) is 3. The number of aromatic nitrogens is 1. The Balaban J connectivity index is 2.67. The highest BCUT2D eigenvalue weighted by Gasteiger charge is 2.04. The number of nitrogens with zero attached hydrogens (tertiary/aromatic N) is 2. The molecular weight excluding hydrogens is 140 g/mol. The van der Waals surface area contributed by atoms with Gasteiger partial charge in [-0.3, -0.25) is 0 Å². The predicted octanol–water partition coefficient (Wildman–Crippen LogP) is 1.74. The molecule has 58 valence electrons. The first-order valence-corrected chi connectivity index (χ1v) is 3.58.